The van der Waals surface area contributed by atoms with Gasteiger partial charge in [-0.25, -0.2) is 0 Å². The summed E-state index contributed by atoms with van der Waals surface area (Å²) in [7, 11) is 0. The molecule has 0 radical (unpaired) electrons. The number of benzene rings is 3. The number of carbonyl (C=O) groups is 2. The Morgan fingerprint density at radius 1 is 0.917 bits per heavy atom. The molecule has 8 heteroatoms. The fraction of sp³-hybridized carbons (Fsp3) is 0.286. The van der Waals surface area contributed by atoms with Crippen LogP contribution in [0.15, 0.2) is 72.8 Å². The second-order valence-corrected chi connectivity index (χ2v) is 9.20. The van der Waals surface area contributed by atoms with Crippen LogP contribution in [-0.4, -0.2) is 46.4 Å². The van der Waals surface area contributed by atoms with Gasteiger partial charge in [-0.3, -0.25) is 9.59 Å². The highest BCUT2D eigenvalue weighted by atomic mass is 16.6. The SMILES string of the molecule is O=C1C[C@H]2O[C@H]([C@@H](Oc3cc(O)c4c(c3)O[C@H](c3ccccc3)CC4=O)c3ccccc3)[C@H](O)[C@H]2O1. The van der Waals surface area contributed by atoms with Gasteiger partial charge >= 0.3 is 5.97 Å². The average Bonchev–Trinajstić information content (AvgIpc) is 3.39. The minimum absolute atomic E-state index is 0.0657. The minimum Gasteiger partial charge on any atom is -0.507 e. The fourth-order valence-corrected chi connectivity index (χ4v) is 5.14. The molecule has 0 aliphatic carbocycles. The first-order valence-corrected chi connectivity index (χ1v) is 11.8. The summed E-state index contributed by atoms with van der Waals surface area (Å²) in [5.41, 5.74) is 1.70. The van der Waals surface area contributed by atoms with Gasteiger partial charge in [-0.2, -0.15) is 0 Å². The molecule has 0 spiro atoms. The number of aliphatic hydroxyl groups excluding tert-OH is 1. The molecule has 2 N–H and O–H groups in total. The average molecular weight is 488 g/mol. The molecular weight excluding hydrogens is 464 g/mol. The monoisotopic (exact) mass is 488 g/mol. The van der Waals surface area contributed by atoms with Crippen molar-refractivity contribution in [3.63, 3.8) is 0 Å². The number of phenolic OH excluding ortho intramolecular Hbond substituents is 1. The van der Waals surface area contributed by atoms with Crippen molar-refractivity contribution in [1.29, 1.82) is 0 Å². The summed E-state index contributed by atoms with van der Waals surface area (Å²) in [5, 5.41) is 21.6. The molecule has 2 fully saturated rings. The number of Topliss-reactive ketones (excluding diaryl/α,β-unsaturated/α-hetero) is 1. The van der Waals surface area contributed by atoms with Crippen molar-refractivity contribution >= 4 is 11.8 Å². The van der Waals surface area contributed by atoms with Gasteiger partial charge in [-0.05, 0) is 11.1 Å². The number of carbonyl (C=O) groups excluding carboxylic acids is 2. The van der Waals surface area contributed by atoms with E-state index in [1.54, 1.807) is 6.07 Å². The quantitative estimate of drug-likeness (QED) is 0.524. The number of fused-ring (bicyclic) bond motifs is 2. The molecule has 3 heterocycles. The fourth-order valence-electron chi connectivity index (χ4n) is 5.14. The molecule has 3 aromatic carbocycles. The van der Waals surface area contributed by atoms with Crippen LogP contribution in [0.25, 0.3) is 0 Å². The van der Waals surface area contributed by atoms with E-state index in [1.165, 1.54) is 6.07 Å². The van der Waals surface area contributed by atoms with Gasteiger partial charge in [0.15, 0.2) is 18.0 Å². The molecule has 0 amide bonds. The van der Waals surface area contributed by atoms with E-state index in [0.717, 1.165) is 11.1 Å². The summed E-state index contributed by atoms with van der Waals surface area (Å²) < 4.78 is 23.7. The highest BCUT2D eigenvalue weighted by molar-refractivity contribution is 6.02. The maximum Gasteiger partial charge on any atom is 0.309 e. The third-order valence-corrected chi connectivity index (χ3v) is 6.84. The van der Waals surface area contributed by atoms with E-state index in [0.29, 0.717) is 0 Å². The summed E-state index contributed by atoms with van der Waals surface area (Å²) in [6.45, 7) is 0. The molecule has 0 unspecified atom stereocenters. The van der Waals surface area contributed by atoms with Crippen LogP contribution in [0, 0.1) is 0 Å². The number of ketones is 1. The Morgan fingerprint density at radius 2 is 1.64 bits per heavy atom. The Labute approximate surface area is 207 Å². The van der Waals surface area contributed by atoms with Crippen LogP contribution >= 0.6 is 0 Å². The number of phenols is 1. The van der Waals surface area contributed by atoms with Gasteiger partial charge in [0.1, 0.15) is 47.2 Å². The van der Waals surface area contributed by atoms with Crippen LogP contribution in [0.2, 0.25) is 0 Å². The molecular formula is C28H24O8. The van der Waals surface area contributed by atoms with E-state index >= 15 is 0 Å². The third kappa shape index (κ3) is 3.98. The molecule has 3 aliphatic rings. The molecule has 0 saturated carbocycles. The van der Waals surface area contributed by atoms with Crippen molar-refractivity contribution in [2.45, 2.75) is 49.5 Å². The second kappa shape index (κ2) is 8.96. The summed E-state index contributed by atoms with van der Waals surface area (Å²) in [6.07, 6.45) is -4.34. The number of esters is 1. The Morgan fingerprint density at radius 3 is 2.36 bits per heavy atom. The smallest absolute Gasteiger partial charge is 0.309 e. The number of hydrogen-bond donors (Lipinski definition) is 2. The zero-order valence-corrected chi connectivity index (χ0v) is 19.2. The lowest BCUT2D eigenvalue weighted by molar-refractivity contribution is -0.146. The first-order valence-electron chi connectivity index (χ1n) is 11.8. The van der Waals surface area contributed by atoms with Gasteiger partial charge < -0.3 is 29.2 Å². The minimum atomic E-state index is -1.10. The van der Waals surface area contributed by atoms with Gasteiger partial charge in [0, 0.05) is 12.1 Å². The van der Waals surface area contributed by atoms with Crippen LogP contribution in [0.5, 0.6) is 17.2 Å². The molecule has 8 nitrogen and oxygen atoms in total. The van der Waals surface area contributed by atoms with Crippen LogP contribution in [0.4, 0.5) is 0 Å². The maximum atomic E-state index is 12.9. The van der Waals surface area contributed by atoms with Crippen LogP contribution < -0.4 is 9.47 Å². The van der Waals surface area contributed by atoms with Crippen LogP contribution in [0.3, 0.4) is 0 Å². The van der Waals surface area contributed by atoms with Crippen LogP contribution in [0.1, 0.15) is 46.5 Å². The number of rotatable bonds is 5. The van der Waals surface area contributed by atoms with Crippen molar-refractivity contribution in [3.05, 3.63) is 89.5 Å². The summed E-state index contributed by atoms with van der Waals surface area (Å²) in [4.78, 5) is 24.5. The largest absolute Gasteiger partial charge is 0.507 e. The normalized spacial score (nSPS) is 27.5. The Balaban J connectivity index is 1.32. The maximum absolute atomic E-state index is 12.9. The Kier molecular flexibility index (Phi) is 5.62. The lowest BCUT2D eigenvalue weighted by Crippen LogP contribution is -2.37. The van der Waals surface area contributed by atoms with Crippen molar-refractivity contribution in [1.82, 2.24) is 0 Å². The number of ether oxygens (including phenoxy) is 4. The molecule has 6 rings (SSSR count). The topological polar surface area (TPSA) is 112 Å². The highest BCUT2D eigenvalue weighted by Gasteiger charge is 2.54. The molecule has 36 heavy (non-hydrogen) atoms. The predicted octanol–water partition coefficient (Wildman–Crippen LogP) is 3.66. The molecule has 6 atom stereocenters. The lowest BCUT2D eigenvalue weighted by atomic mass is 9.95. The number of aliphatic hydroxyl groups is 1. The first-order chi connectivity index (χ1) is 17.5. The van der Waals surface area contributed by atoms with Gasteiger partial charge in [0.05, 0.1) is 12.8 Å². The van der Waals surface area contributed by atoms with Gasteiger partial charge in [-0.1, -0.05) is 60.7 Å². The Bertz CT molecular complexity index is 1290. The highest BCUT2D eigenvalue weighted by Crippen LogP contribution is 2.44. The summed E-state index contributed by atoms with van der Waals surface area (Å²) >= 11 is 0. The van der Waals surface area contributed by atoms with E-state index in [1.807, 2.05) is 60.7 Å². The molecule has 184 valence electrons. The third-order valence-electron chi connectivity index (χ3n) is 6.84. The number of hydrogen-bond acceptors (Lipinski definition) is 8. The van der Waals surface area contributed by atoms with Gasteiger partial charge in [0.25, 0.3) is 0 Å². The van der Waals surface area contributed by atoms with Crippen LogP contribution in [-0.2, 0) is 14.3 Å². The second-order valence-electron chi connectivity index (χ2n) is 9.20. The molecule has 2 saturated heterocycles. The molecule has 3 aliphatic heterocycles. The van der Waals surface area contributed by atoms with E-state index in [9.17, 15) is 19.8 Å². The molecule has 0 aromatic heterocycles. The first kappa shape index (κ1) is 22.6. The van der Waals surface area contributed by atoms with Crippen molar-refractivity contribution in [2.75, 3.05) is 0 Å². The molecule has 0 bridgehead atoms. The van der Waals surface area contributed by atoms with Crippen molar-refractivity contribution in [3.8, 4) is 17.2 Å². The van der Waals surface area contributed by atoms with Gasteiger partial charge in [-0.15, -0.1) is 0 Å². The molecule has 3 aromatic rings. The van der Waals surface area contributed by atoms with Gasteiger partial charge in [0.2, 0.25) is 0 Å². The van der Waals surface area contributed by atoms with Crippen molar-refractivity contribution in [2.24, 2.45) is 0 Å². The predicted molar refractivity (Wildman–Crippen MR) is 126 cm³/mol. The number of aromatic hydroxyl groups is 1. The van der Waals surface area contributed by atoms with E-state index < -0.39 is 42.6 Å². The zero-order valence-electron chi connectivity index (χ0n) is 19.2. The summed E-state index contributed by atoms with van der Waals surface area (Å²) in [5.74, 6) is -0.413. The van der Waals surface area contributed by atoms with E-state index in [4.69, 9.17) is 18.9 Å². The van der Waals surface area contributed by atoms with E-state index in [-0.39, 0.29) is 41.4 Å². The standard InChI is InChI=1S/C28H24O8/c29-18-11-17(12-21-24(18)19(30)13-20(34-21)15-7-3-1-4-8-15)33-26(16-9-5-2-6-10-16)28-25(32)27-22(35-28)14-23(31)36-27/h1-12,20,22,25-29,32H,13-14H2/t20-,22+,25+,26-,27-,28-/m0/s1. The lowest BCUT2D eigenvalue weighted by Gasteiger charge is -2.29. The zero-order chi connectivity index (χ0) is 24.8. The van der Waals surface area contributed by atoms with E-state index in [2.05, 4.69) is 0 Å². The van der Waals surface area contributed by atoms with Crippen molar-refractivity contribution < 1.29 is 38.7 Å². The Hall–Kier alpha value is -3.88. The summed E-state index contributed by atoms with van der Waals surface area (Å²) in [6, 6.07) is 21.5.